The Bertz CT molecular complexity index is 814. The van der Waals surface area contributed by atoms with Crippen molar-refractivity contribution in [1.29, 1.82) is 0 Å². The van der Waals surface area contributed by atoms with Crippen molar-refractivity contribution < 1.29 is 14.7 Å². The van der Waals surface area contributed by atoms with E-state index in [2.05, 4.69) is 22.3 Å². The molecular weight excluding hydrogens is 354 g/mol. The number of nitrogens with zero attached hydrogens (tertiary/aromatic N) is 1. The van der Waals surface area contributed by atoms with E-state index >= 15 is 0 Å². The fourth-order valence-electron chi connectivity index (χ4n) is 3.51. The van der Waals surface area contributed by atoms with Crippen LogP contribution in [-0.4, -0.2) is 36.1 Å². The molecular formula is C22H27N3O3. The summed E-state index contributed by atoms with van der Waals surface area (Å²) in [6.45, 7) is 2.59. The van der Waals surface area contributed by atoms with Gasteiger partial charge in [-0.3, -0.25) is 9.59 Å². The molecule has 1 saturated heterocycles. The van der Waals surface area contributed by atoms with Gasteiger partial charge in [-0.25, -0.2) is 0 Å². The molecule has 1 aliphatic heterocycles. The molecule has 0 radical (unpaired) electrons. The van der Waals surface area contributed by atoms with Gasteiger partial charge in [0.2, 0.25) is 0 Å². The number of hydrogen-bond donors (Lipinski definition) is 3. The van der Waals surface area contributed by atoms with Gasteiger partial charge in [0.1, 0.15) is 6.04 Å². The van der Waals surface area contributed by atoms with Gasteiger partial charge in [-0.1, -0.05) is 30.3 Å². The first-order chi connectivity index (χ1) is 13.5. The van der Waals surface area contributed by atoms with Crippen LogP contribution in [0.2, 0.25) is 0 Å². The number of para-hydroxylation sites is 1. The van der Waals surface area contributed by atoms with Crippen molar-refractivity contribution in [2.75, 3.05) is 18.0 Å². The summed E-state index contributed by atoms with van der Waals surface area (Å²) in [5.41, 5.74) is 9.20. The predicted octanol–water partition coefficient (Wildman–Crippen LogP) is 2.56. The molecule has 0 aromatic heterocycles. The molecule has 2 aromatic rings. The zero-order valence-electron chi connectivity index (χ0n) is 15.9. The van der Waals surface area contributed by atoms with Crippen LogP contribution >= 0.6 is 0 Å². The van der Waals surface area contributed by atoms with Crippen LogP contribution in [-0.2, 0) is 17.8 Å². The van der Waals surface area contributed by atoms with Gasteiger partial charge in [0.15, 0.2) is 0 Å². The van der Waals surface area contributed by atoms with Gasteiger partial charge in [-0.15, -0.1) is 0 Å². The SMILES string of the molecule is NC(Cc1ccc(C(=O)NCc2ccccc2N2CCCCC2)cc1)C(=O)O. The number of nitrogens with two attached hydrogens (primary N) is 1. The second-order valence-corrected chi connectivity index (χ2v) is 7.20. The summed E-state index contributed by atoms with van der Waals surface area (Å²) in [5, 5.41) is 11.9. The van der Waals surface area contributed by atoms with Crippen molar-refractivity contribution in [2.45, 2.75) is 38.3 Å². The second kappa shape index (κ2) is 9.37. The molecule has 1 fully saturated rings. The van der Waals surface area contributed by atoms with Gasteiger partial charge < -0.3 is 21.1 Å². The van der Waals surface area contributed by atoms with Crippen molar-refractivity contribution in [3.8, 4) is 0 Å². The minimum absolute atomic E-state index is 0.150. The third kappa shape index (κ3) is 5.10. The van der Waals surface area contributed by atoms with Gasteiger partial charge in [-0.05, 0) is 55.0 Å². The summed E-state index contributed by atoms with van der Waals surface area (Å²) >= 11 is 0. The number of carbonyl (C=O) groups is 2. The Hall–Kier alpha value is -2.86. The molecule has 0 aliphatic carbocycles. The highest BCUT2D eigenvalue weighted by Crippen LogP contribution is 2.24. The van der Waals surface area contributed by atoms with E-state index in [1.807, 2.05) is 12.1 Å². The van der Waals surface area contributed by atoms with E-state index in [1.54, 1.807) is 24.3 Å². The lowest BCUT2D eigenvalue weighted by atomic mass is 10.0. The van der Waals surface area contributed by atoms with E-state index in [4.69, 9.17) is 10.8 Å². The molecule has 1 amide bonds. The van der Waals surface area contributed by atoms with E-state index in [1.165, 1.54) is 24.9 Å². The van der Waals surface area contributed by atoms with Crippen molar-refractivity contribution >= 4 is 17.6 Å². The van der Waals surface area contributed by atoms with Crippen molar-refractivity contribution in [3.05, 3.63) is 65.2 Å². The molecule has 28 heavy (non-hydrogen) atoms. The minimum Gasteiger partial charge on any atom is -0.480 e. The lowest BCUT2D eigenvalue weighted by Crippen LogP contribution is -2.32. The lowest BCUT2D eigenvalue weighted by Gasteiger charge is -2.30. The lowest BCUT2D eigenvalue weighted by molar-refractivity contribution is -0.138. The van der Waals surface area contributed by atoms with Crippen LogP contribution in [0.3, 0.4) is 0 Å². The fourth-order valence-corrected chi connectivity index (χ4v) is 3.51. The average molecular weight is 381 g/mol. The van der Waals surface area contributed by atoms with Crippen molar-refractivity contribution in [1.82, 2.24) is 5.32 Å². The molecule has 1 unspecified atom stereocenters. The van der Waals surface area contributed by atoms with E-state index in [9.17, 15) is 9.59 Å². The monoisotopic (exact) mass is 381 g/mol. The molecule has 0 bridgehead atoms. The first-order valence-corrected chi connectivity index (χ1v) is 9.73. The van der Waals surface area contributed by atoms with Crippen molar-refractivity contribution in [2.24, 2.45) is 5.73 Å². The summed E-state index contributed by atoms with van der Waals surface area (Å²) in [6.07, 6.45) is 3.93. The number of carboxylic acids is 1. The van der Waals surface area contributed by atoms with Crippen LogP contribution in [0.5, 0.6) is 0 Å². The van der Waals surface area contributed by atoms with Crippen LogP contribution in [0.1, 0.15) is 40.7 Å². The summed E-state index contributed by atoms with van der Waals surface area (Å²) in [7, 11) is 0. The maximum absolute atomic E-state index is 12.5. The van der Waals surface area contributed by atoms with Gasteiger partial charge in [0.05, 0.1) is 0 Å². The summed E-state index contributed by atoms with van der Waals surface area (Å²) in [6, 6.07) is 14.2. The van der Waals surface area contributed by atoms with Gasteiger partial charge in [0, 0.05) is 30.9 Å². The molecule has 0 saturated carbocycles. The van der Waals surface area contributed by atoms with Gasteiger partial charge in [0.25, 0.3) is 5.91 Å². The van der Waals surface area contributed by atoms with Crippen LogP contribution < -0.4 is 16.0 Å². The van der Waals surface area contributed by atoms with Crippen molar-refractivity contribution in [3.63, 3.8) is 0 Å². The smallest absolute Gasteiger partial charge is 0.320 e. The fraction of sp³-hybridized carbons (Fsp3) is 0.364. The zero-order valence-corrected chi connectivity index (χ0v) is 15.9. The Morgan fingerprint density at radius 2 is 1.71 bits per heavy atom. The van der Waals surface area contributed by atoms with Crippen LogP contribution in [0.25, 0.3) is 0 Å². The number of hydrogen-bond acceptors (Lipinski definition) is 4. The maximum Gasteiger partial charge on any atom is 0.320 e. The molecule has 6 heteroatoms. The molecule has 6 nitrogen and oxygen atoms in total. The first kappa shape index (κ1) is 19.9. The number of carbonyl (C=O) groups excluding carboxylic acids is 1. The highest BCUT2D eigenvalue weighted by atomic mass is 16.4. The molecule has 4 N–H and O–H groups in total. The quantitative estimate of drug-likeness (QED) is 0.685. The Morgan fingerprint density at radius 1 is 1.04 bits per heavy atom. The third-order valence-electron chi connectivity index (χ3n) is 5.12. The molecule has 1 aliphatic rings. The highest BCUT2D eigenvalue weighted by molar-refractivity contribution is 5.94. The summed E-state index contributed by atoms with van der Waals surface area (Å²) in [5.74, 6) is -1.18. The molecule has 0 spiro atoms. The number of benzene rings is 2. The number of rotatable bonds is 7. The maximum atomic E-state index is 12.5. The van der Waals surface area contributed by atoms with Crippen LogP contribution in [0, 0.1) is 0 Å². The zero-order chi connectivity index (χ0) is 19.9. The highest BCUT2D eigenvalue weighted by Gasteiger charge is 2.15. The normalized spacial score (nSPS) is 15.1. The number of anilines is 1. The topological polar surface area (TPSA) is 95.7 Å². The van der Waals surface area contributed by atoms with E-state index in [0.717, 1.165) is 24.2 Å². The second-order valence-electron chi connectivity index (χ2n) is 7.20. The van der Waals surface area contributed by atoms with Gasteiger partial charge >= 0.3 is 5.97 Å². The van der Waals surface area contributed by atoms with E-state index in [-0.39, 0.29) is 12.3 Å². The Kier molecular flexibility index (Phi) is 6.66. The van der Waals surface area contributed by atoms with Gasteiger partial charge in [-0.2, -0.15) is 0 Å². The number of amides is 1. The molecule has 3 rings (SSSR count). The Balaban J connectivity index is 1.61. The number of aliphatic carboxylic acids is 1. The van der Waals surface area contributed by atoms with Crippen LogP contribution in [0.4, 0.5) is 5.69 Å². The molecule has 2 aromatic carbocycles. The standard InChI is InChI=1S/C22H27N3O3/c23-19(22(27)28)14-16-8-10-17(11-9-16)21(26)24-15-18-6-2-3-7-20(18)25-12-4-1-5-13-25/h2-3,6-11,19H,1,4-5,12-15,23H2,(H,24,26)(H,27,28). The largest absolute Gasteiger partial charge is 0.480 e. The first-order valence-electron chi connectivity index (χ1n) is 9.73. The Labute approximate surface area is 165 Å². The Morgan fingerprint density at radius 3 is 2.39 bits per heavy atom. The molecule has 1 atom stereocenters. The number of piperidine rings is 1. The summed E-state index contributed by atoms with van der Waals surface area (Å²) < 4.78 is 0. The number of carboxylic acid groups (broad SMARTS) is 1. The predicted molar refractivity (Wildman–Crippen MR) is 109 cm³/mol. The molecule has 1 heterocycles. The average Bonchev–Trinajstić information content (AvgIpc) is 2.73. The van der Waals surface area contributed by atoms with Crippen LogP contribution in [0.15, 0.2) is 48.5 Å². The van der Waals surface area contributed by atoms with E-state index < -0.39 is 12.0 Å². The molecule has 148 valence electrons. The number of nitrogens with one attached hydrogen (secondary N) is 1. The summed E-state index contributed by atoms with van der Waals surface area (Å²) in [4.78, 5) is 25.7. The third-order valence-corrected chi connectivity index (χ3v) is 5.12. The minimum atomic E-state index is -1.03. The van der Waals surface area contributed by atoms with E-state index in [0.29, 0.717) is 12.1 Å².